The number of carbonyl (C=O) groups is 1. The number of amides is 1. The molecular formula is C20H24N2O3. The second-order valence-electron chi connectivity index (χ2n) is 6.30. The average Bonchev–Trinajstić information content (AvgIpc) is 2.80. The van der Waals surface area contributed by atoms with Gasteiger partial charge in [-0.15, -0.1) is 0 Å². The number of anilines is 1. The van der Waals surface area contributed by atoms with Crippen LogP contribution in [-0.2, 0) is 11.3 Å². The summed E-state index contributed by atoms with van der Waals surface area (Å²) in [5.41, 5.74) is 3.99. The molecule has 2 aromatic rings. The van der Waals surface area contributed by atoms with Gasteiger partial charge in [-0.3, -0.25) is 10.0 Å². The van der Waals surface area contributed by atoms with Gasteiger partial charge in [-0.2, -0.15) is 0 Å². The molecule has 132 valence electrons. The van der Waals surface area contributed by atoms with Gasteiger partial charge in [0.15, 0.2) is 5.75 Å². The average molecular weight is 340 g/mol. The number of nitrogens with zero attached hydrogens (tertiary/aromatic N) is 1. The third-order valence-electron chi connectivity index (χ3n) is 4.47. The van der Waals surface area contributed by atoms with E-state index in [1.807, 2.05) is 36.4 Å². The lowest BCUT2D eigenvalue weighted by atomic mass is 10.1. The van der Waals surface area contributed by atoms with Crippen LogP contribution in [0.4, 0.5) is 5.69 Å². The first-order chi connectivity index (χ1) is 12.3. The molecule has 0 atom stereocenters. The molecule has 5 heteroatoms. The van der Waals surface area contributed by atoms with Crippen molar-refractivity contribution in [2.45, 2.75) is 38.6 Å². The van der Waals surface area contributed by atoms with Crippen LogP contribution in [0.1, 0.15) is 37.7 Å². The van der Waals surface area contributed by atoms with Gasteiger partial charge < -0.3 is 9.64 Å². The van der Waals surface area contributed by atoms with Crippen LogP contribution in [-0.4, -0.2) is 17.7 Å². The van der Waals surface area contributed by atoms with E-state index in [0.717, 1.165) is 56.0 Å². The molecule has 1 heterocycles. The molecule has 0 fully saturated rings. The molecule has 2 aromatic carbocycles. The number of ether oxygens (including phenoxy) is 1. The van der Waals surface area contributed by atoms with Crippen molar-refractivity contribution in [2.24, 2.45) is 0 Å². The van der Waals surface area contributed by atoms with E-state index in [1.54, 1.807) is 5.48 Å². The fourth-order valence-electron chi connectivity index (χ4n) is 3.15. The summed E-state index contributed by atoms with van der Waals surface area (Å²) >= 11 is 0. The van der Waals surface area contributed by atoms with E-state index in [2.05, 4.69) is 17.0 Å². The smallest absolute Gasteiger partial charge is 0.243 e. The maximum Gasteiger partial charge on any atom is 0.243 e. The Morgan fingerprint density at radius 2 is 1.72 bits per heavy atom. The van der Waals surface area contributed by atoms with Crippen LogP contribution in [0, 0.1) is 0 Å². The molecule has 0 bridgehead atoms. The molecule has 0 aliphatic carbocycles. The molecule has 2 N–H and O–H groups in total. The molecule has 0 aromatic heterocycles. The van der Waals surface area contributed by atoms with Crippen LogP contribution in [0.2, 0.25) is 0 Å². The van der Waals surface area contributed by atoms with Crippen LogP contribution in [0.3, 0.4) is 0 Å². The molecule has 0 radical (unpaired) electrons. The van der Waals surface area contributed by atoms with Crippen molar-refractivity contribution in [3.8, 4) is 11.5 Å². The van der Waals surface area contributed by atoms with E-state index < -0.39 is 0 Å². The fourth-order valence-corrected chi connectivity index (χ4v) is 3.15. The predicted octanol–water partition coefficient (Wildman–Crippen LogP) is 4.25. The number of hydrogen-bond acceptors (Lipinski definition) is 4. The third-order valence-corrected chi connectivity index (χ3v) is 4.47. The number of rotatable bonds is 7. The zero-order valence-corrected chi connectivity index (χ0v) is 14.3. The monoisotopic (exact) mass is 340 g/mol. The molecule has 3 rings (SSSR count). The van der Waals surface area contributed by atoms with Gasteiger partial charge in [0.2, 0.25) is 5.91 Å². The third kappa shape index (κ3) is 4.51. The fraction of sp³-hybridized carbons (Fsp3) is 0.350. The van der Waals surface area contributed by atoms with Crippen molar-refractivity contribution in [2.75, 3.05) is 11.4 Å². The van der Waals surface area contributed by atoms with E-state index in [0.29, 0.717) is 6.42 Å². The number of hydrogen-bond donors (Lipinski definition) is 2. The van der Waals surface area contributed by atoms with Crippen LogP contribution in [0.15, 0.2) is 48.5 Å². The predicted molar refractivity (Wildman–Crippen MR) is 97.0 cm³/mol. The summed E-state index contributed by atoms with van der Waals surface area (Å²) in [4.78, 5) is 13.4. The number of fused-ring (bicyclic) bond motifs is 2. The van der Waals surface area contributed by atoms with Crippen LogP contribution >= 0.6 is 0 Å². The molecule has 0 saturated carbocycles. The first kappa shape index (κ1) is 17.3. The molecule has 5 nitrogen and oxygen atoms in total. The van der Waals surface area contributed by atoms with Gasteiger partial charge in [0.05, 0.1) is 5.69 Å². The minimum atomic E-state index is -0.310. The normalized spacial score (nSPS) is 12.6. The van der Waals surface area contributed by atoms with Crippen molar-refractivity contribution >= 4 is 11.6 Å². The molecule has 1 aliphatic rings. The Balaban J connectivity index is 1.59. The maximum atomic E-state index is 11.0. The van der Waals surface area contributed by atoms with Crippen LogP contribution in [0.5, 0.6) is 11.5 Å². The van der Waals surface area contributed by atoms with E-state index in [9.17, 15) is 4.79 Å². The molecular weight excluding hydrogens is 316 g/mol. The largest absolute Gasteiger partial charge is 0.455 e. The Morgan fingerprint density at radius 3 is 2.56 bits per heavy atom. The highest BCUT2D eigenvalue weighted by atomic mass is 16.5. The number of unbranched alkanes of at least 4 members (excludes halogenated alkanes) is 3. The molecule has 0 saturated heterocycles. The summed E-state index contributed by atoms with van der Waals surface area (Å²) in [6.07, 6.45) is 4.27. The maximum absolute atomic E-state index is 11.0. The zero-order valence-electron chi connectivity index (χ0n) is 14.3. The first-order valence-corrected chi connectivity index (χ1v) is 8.80. The van der Waals surface area contributed by atoms with Gasteiger partial charge in [-0.05, 0) is 31.0 Å². The summed E-state index contributed by atoms with van der Waals surface area (Å²) in [5.74, 6) is 1.51. The summed E-state index contributed by atoms with van der Waals surface area (Å²) in [7, 11) is 0. The van der Waals surface area contributed by atoms with Gasteiger partial charge in [0.25, 0.3) is 0 Å². The molecule has 25 heavy (non-hydrogen) atoms. The van der Waals surface area contributed by atoms with Crippen LogP contribution in [0.25, 0.3) is 0 Å². The topological polar surface area (TPSA) is 61.8 Å². The highest BCUT2D eigenvalue weighted by Gasteiger charge is 2.19. The number of carbonyl (C=O) groups excluding carboxylic acids is 1. The number of benzene rings is 2. The molecule has 0 unspecified atom stereocenters. The van der Waals surface area contributed by atoms with E-state index in [4.69, 9.17) is 9.94 Å². The van der Waals surface area contributed by atoms with Crippen molar-refractivity contribution in [3.05, 3.63) is 54.1 Å². The van der Waals surface area contributed by atoms with Gasteiger partial charge in [-0.1, -0.05) is 43.2 Å². The van der Waals surface area contributed by atoms with E-state index in [-0.39, 0.29) is 5.91 Å². The lowest BCUT2D eigenvalue weighted by Crippen LogP contribution is -2.23. The Labute approximate surface area is 148 Å². The zero-order chi connectivity index (χ0) is 17.5. The first-order valence-electron chi connectivity index (χ1n) is 8.80. The summed E-state index contributed by atoms with van der Waals surface area (Å²) in [5, 5.41) is 8.49. The van der Waals surface area contributed by atoms with Gasteiger partial charge in [0.1, 0.15) is 5.75 Å². The Hall–Kier alpha value is -2.53. The van der Waals surface area contributed by atoms with Crippen LogP contribution < -0.4 is 15.1 Å². The molecule has 1 aliphatic heterocycles. The van der Waals surface area contributed by atoms with E-state index >= 15 is 0 Å². The highest BCUT2D eigenvalue weighted by molar-refractivity contribution is 5.74. The molecule has 0 spiro atoms. The van der Waals surface area contributed by atoms with Crippen molar-refractivity contribution < 1.29 is 14.7 Å². The Morgan fingerprint density at radius 1 is 1.00 bits per heavy atom. The Kier molecular flexibility index (Phi) is 5.90. The number of nitrogens with one attached hydrogen (secondary N) is 1. The standard InChI is InChI=1S/C20H24N2O3/c23-20(21-24)13-3-1-2-8-14-22-15-16-9-4-6-11-18(16)25-19-12-7-5-10-17(19)22/h4-7,9-12,24H,1-3,8,13-15H2,(H,21,23). The van der Waals surface area contributed by atoms with Gasteiger partial charge in [0, 0.05) is 25.1 Å². The van der Waals surface area contributed by atoms with Gasteiger partial charge >= 0.3 is 0 Å². The lowest BCUT2D eigenvalue weighted by molar-refractivity contribution is -0.129. The SMILES string of the molecule is O=C(CCCCCCN1Cc2ccccc2Oc2ccccc21)NO. The Bertz CT molecular complexity index is 718. The summed E-state index contributed by atoms with van der Waals surface area (Å²) in [6.45, 7) is 1.78. The quantitative estimate of drug-likeness (QED) is 0.449. The summed E-state index contributed by atoms with van der Waals surface area (Å²) in [6, 6.07) is 16.3. The second kappa shape index (κ2) is 8.53. The van der Waals surface area contributed by atoms with Crippen molar-refractivity contribution in [1.29, 1.82) is 0 Å². The second-order valence-corrected chi connectivity index (χ2v) is 6.30. The summed E-state index contributed by atoms with van der Waals surface area (Å²) < 4.78 is 6.11. The minimum absolute atomic E-state index is 0.310. The highest BCUT2D eigenvalue weighted by Crippen LogP contribution is 2.38. The number of hydroxylamine groups is 1. The van der Waals surface area contributed by atoms with Gasteiger partial charge in [-0.25, -0.2) is 5.48 Å². The lowest BCUT2D eigenvalue weighted by Gasteiger charge is -2.24. The van der Waals surface area contributed by atoms with E-state index in [1.165, 1.54) is 5.56 Å². The number of para-hydroxylation sites is 3. The van der Waals surface area contributed by atoms with Crippen molar-refractivity contribution in [3.63, 3.8) is 0 Å². The van der Waals surface area contributed by atoms with Crippen molar-refractivity contribution in [1.82, 2.24) is 5.48 Å². The molecule has 1 amide bonds. The minimum Gasteiger partial charge on any atom is -0.455 e.